The van der Waals surface area contributed by atoms with Gasteiger partial charge in [0, 0.05) is 20.1 Å². The van der Waals surface area contributed by atoms with Crippen molar-refractivity contribution in [2.24, 2.45) is 0 Å². The Balaban J connectivity index is 2.36. The summed E-state index contributed by atoms with van der Waals surface area (Å²) < 4.78 is 0. The van der Waals surface area contributed by atoms with E-state index in [0.717, 1.165) is 12.1 Å². The average molecular weight is 231 g/mol. The number of benzene rings is 1. The van der Waals surface area contributed by atoms with E-state index < -0.39 is 0 Å². The Morgan fingerprint density at radius 2 is 2.06 bits per heavy atom. The van der Waals surface area contributed by atoms with Crippen LogP contribution in [0.25, 0.3) is 0 Å². The lowest BCUT2D eigenvalue weighted by Crippen LogP contribution is -2.35. The van der Waals surface area contributed by atoms with Crippen molar-refractivity contribution in [3.8, 4) is 6.07 Å². The second kappa shape index (κ2) is 6.66. The third kappa shape index (κ3) is 4.25. The second-order valence-corrected chi connectivity index (χ2v) is 3.82. The van der Waals surface area contributed by atoms with Crippen molar-refractivity contribution in [2.75, 3.05) is 20.1 Å². The first-order valence-corrected chi connectivity index (χ1v) is 5.61. The number of carbonyl (C=O) groups is 1. The van der Waals surface area contributed by atoms with Crippen molar-refractivity contribution < 1.29 is 4.79 Å². The lowest BCUT2D eigenvalue weighted by atomic mass is 10.1. The third-order valence-corrected chi connectivity index (χ3v) is 2.59. The molecule has 0 atom stereocenters. The van der Waals surface area contributed by atoms with Gasteiger partial charge < -0.3 is 10.2 Å². The maximum absolute atomic E-state index is 11.5. The standard InChI is InChI=1S/C13H17N3O/c1-3-16(2)13(17)10-15-9-12-6-4-11(8-14)5-7-12/h4-7,15H,3,9-10H2,1-2H3. The van der Waals surface area contributed by atoms with Gasteiger partial charge in [-0.05, 0) is 24.6 Å². The van der Waals surface area contributed by atoms with Gasteiger partial charge in [0.05, 0.1) is 18.2 Å². The number of carbonyl (C=O) groups excluding carboxylic acids is 1. The van der Waals surface area contributed by atoms with E-state index in [-0.39, 0.29) is 5.91 Å². The lowest BCUT2D eigenvalue weighted by molar-refractivity contribution is -0.128. The van der Waals surface area contributed by atoms with Gasteiger partial charge in [-0.1, -0.05) is 12.1 Å². The number of hydrogen-bond donors (Lipinski definition) is 1. The molecule has 1 aromatic rings. The maximum atomic E-state index is 11.5. The summed E-state index contributed by atoms with van der Waals surface area (Å²) in [4.78, 5) is 13.2. The zero-order valence-corrected chi connectivity index (χ0v) is 10.2. The number of amides is 1. The molecule has 0 aliphatic rings. The molecule has 1 amide bonds. The van der Waals surface area contributed by atoms with E-state index in [1.54, 1.807) is 24.1 Å². The molecule has 0 unspecified atom stereocenters. The van der Waals surface area contributed by atoms with Gasteiger partial charge >= 0.3 is 0 Å². The Morgan fingerprint density at radius 3 is 2.59 bits per heavy atom. The molecule has 0 spiro atoms. The van der Waals surface area contributed by atoms with Crippen LogP contribution in [0.4, 0.5) is 0 Å². The highest BCUT2D eigenvalue weighted by atomic mass is 16.2. The van der Waals surface area contributed by atoms with Crippen LogP contribution in [0.5, 0.6) is 0 Å². The summed E-state index contributed by atoms with van der Waals surface area (Å²) in [6.07, 6.45) is 0. The number of nitrogens with one attached hydrogen (secondary N) is 1. The van der Waals surface area contributed by atoms with Gasteiger partial charge in [-0.3, -0.25) is 4.79 Å². The normalized spacial score (nSPS) is 9.71. The summed E-state index contributed by atoms with van der Waals surface area (Å²) in [5.74, 6) is 0.0844. The van der Waals surface area contributed by atoms with Gasteiger partial charge in [-0.25, -0.2) is 0 Å². The first kappa shape index (κ1) is 13.2. The van der Waals surface area contributed by atoms with Gasteiger partial charge in [0.2, 0.25) is 5.91 Å². The van der Waals surface area contributed by atoms with E-state index in [1.807, 2.05) is 19.1 Å². The molecule has 1 N–H and O–H groups in total. The number of nitriles is 1. The fourth-order valence-corrected chi connectivity index (χ4v) is 1.32. The molecule has 0 aliphatic carbocycles. The summed E-state index contributed by atoms with van der Waals surface area (Å²) in [7, 11) is 1.78. The zero-order chi connectivity index (χ0) is 12.7. The average Bonchev–Trinajstić information content (AvgIpc) is 2.38. The molecule has 0 saturated heterocycles. The maximum Gasteiger partial charge on any atom is 0.236 e. The summed E-state index contributed by atoms with van der Waals surface area (Å²) in [5.41, 5.74) is 1.71. The first-order valence-electron chi connectivity index (χ1n) is 5.61. The molecule has 0 fully saturated rings. The molecule has 0 bridgehead atoms. The number of rotatable bonds is 5. The molecule has 0 radical (unpaired) electrons. The largest absolute Gasteiger partial charge is 0.345 e. The Hall–Kier alpha value is -1.86. The van der Waals surface area contributed by atoms with Crippen LogP contribution in [0.3, 0.4) is 0 Å². The zero-order valence-electron chi connectivity index (χ0n) is 10.2. The van der Waals surface area contributed by atoms with Crippen LogP contribution in [0.15, 0.2) is 24.3 Å². The predicted octanol–water partition coefficient (Wildman–Crippen LogP) is 1.13. The van der Waals surface area contributed by atoms with Crippen LogP contribution in [0.2, 0.25) is 0 Å². The van der Waals surface area contributed by atoms with Crippen LogP contribution in [0.1, 0.15) is 18.1 Å². The van der Waals surface area contributed by atoms with Gasteiger partial charge in [0.15, 0.2) is 0 Å². The van der Waals surface area contributed by atoms with Crippen molar-refractivity contribution in [3.05, 3.63) is 35.4 Å². The highest BCUT2D eigenvalue weighted by Gasteiger charge is 2.04. The lowest BCUT2D eigenvalue weighted by Gasteiger charge is -2.14. The van der Waals surface area contributed by atoms with E-state index in [0.29, 0.717) is 18.7 Å². The topological polar surface area (TPSA) is 56.1 Å². The quantitative estimate of drug-likeness (QED) is 0.826. The SMILES string of the molecule is CCN(C)C(=O)CNCc1ccc(C#N)cc1. The van der Waals surface area contributed by atoms with Crippen LogP contribution in [0, 0.1) is 11.3 Å². The van der Waals surface area contributed by atoms with Crippen LogP contribution in [-0.2, 0) is 11.3 Å². The molecule has 1 aromatic carbocycles. The fraction of sp³-hybridized carbons (Fsp3) is 0.385. The molecule has 4 heteroatoms. The van der Waals surface area contributed by atoms with Crippen molar-refractivity contribution in [2.45, 2.75) is 13.5 Å². The van der Waals surface area contributed by atoms with E-state index in [2.05, 4.69) is 11.4 Å². The minimum absolute atomic E-state index is 0.0844. The highest BCUT2D eigenvalue weighted by Crippen LogP contribution is 2.02. The Bertz CT molecular complexity index is 406. The van der Waals surface area contributed by atoms with Crippen molar-refractivity contribution >= 4 is 5.91 Å². The number of nitrogens with zero attached hydrogens (tertiary/aromatic N) is 2. The van der Waals surface area contributed by atoms with Crippen molar-refractivity contribution in [3.63, 3.8) is 0 Å². The monoisotopic (exact) mass is 231 g/mol. The molecular weight excluding hydrogens is 214 g/mol. The molecule has 90 valence electrons. The second-order valence-electron chi connectivity index (χ2n) is 3.82. The number of likely N-dealkylation sites (N-methyl/N-ethyl adjacent to an activating group) is 1. The summed E-state index contributed by atoms with van der Waals surface area (Å²) in [5, 5.41) is 11.7. The minimum Gasteiger partial charge on any atom is -0.345 e. The van der Waals surface area contributed by atoms with Crippen LogP contribution < -0.4 is 5.32 Å². The summed E-state index contributed by atoms with van der Waals surface area (Å²) in [6, 6.07) is 9.40. The highest BCUT2D eigenvalue weighted by molar-refractivity contribution is 5.77. The Morgan fingerprint density at radius 1 is 1.41 bits per heavy atom. The van der Waals surface area contributed by atoms with Gasteiger partial charge in [0.25, 0.3) is 0 Å². The summed E-state index contributed by atoms with van der Waals surface area (Å²) >= 11 is 0. The van der Waals surface area contributed by atoms with Crippen LogP contribution in [-0.4, -0.2) is 30.9 Å². The van der Waals surface area contributed by atoms with Gasteiger partial charge in [-0.2, -0.15) is 5.26 Å². The fourth-order valence-electron chi connectivity index (χ4n) is 1.32. The molecule has 0 aliphatic heterocycles. The van der Waals surface area contributed by atoms with E-state index in [9.17, 15) is 4.79 Å². The minimum atomic E-state index is 0.0844. The number of hydrogen-bond acceptors (Lipinski definition) is 3. The third-order valence-electron chi connectivity index (χ3n) is 2.59. The predicted molar refractivity (Wildman–Crippen MR) is 66.2 cm³/mol. The molecule has 0 aromatic heterocycles. The summed E-state index contributed by atoms with van der Waals surface area (Å²) in [6.45, 7) is 3.63. The molecule has 4 nitrogen and oxygen atoms in total. The Labute approximate surface area is 102 Å². The van der Waals surface area contributed by atoms with E-state index in [4.69, 9.17) is 5.26 Å². The van der Waals surface area contributed by atoms with Gasteiger partial charge in [0.1, 0.15) is 0 Å². The molecular formula is C13H17N3O. The molecule has 0 heterocycles. The van der Waals surface area contributed by atoms with Crippen LogP contribution >= 0.6 is 0 Å². The van der Waals surface area contributed by atoms with Crippen molar-refractivity contribution in [1.82, 2.24) is 10.2 Å². The van der Waals surface area contributed by atoms with Gasteiger partial charge in [-0.15, -0.1) is 0 Å². The first-order chi connectivity index (χ1) is 8.17. The van der Waals surface area contributed by atoms with E-state index in [1.165, 1.54) is 0 Å². The van der Waals surface area contributed by atoms with E-state index >= 15 is 0 Å². The molecule has 1 rings (SSSR count). The molecule has 17 heavy (non-hydrogen) atoms. The van der Waals surface area contributed by atoms with Crippen molar-refractivity contribution in [1.29, 1.82) is 5.26 Å². The Kier molecular flexibility index (Phi) is 5.18. The molecule has 0 saturated carbocycles. The smallest absolute Gasteiger partial charge is 0.236 e.